The van der Waals surface area contributed by atoms with Gasteiger partial charge in [0.15, 0.2) is 5.65 Å². The van der Waals surface area contributed by atoms with Gasteiger partial charge in [-0.05, 0) is 31.4 Å². The molecule has 6 heteroatoms. The number of amides is 1. The Morgan fingerprint density at radius 3 is 2.73 bits per heavy atom. The molecule has 136 valence electrons. The number of aryl methyl sites for hydroxylation is 2. The molecule has 3 aromatic rings. The minimum Gasteiger partial charge on any atom is -0.385 e. The number of carbonyl (C=O) groups excluding carboxylic acids is 1. The Morgan fingerprint density at radius 1 is 1.23 bits per heavy atom. The van der Waals surface area contributed by atoms with E-state index in [2.05, 4.69) is 27.5 Å². The lowest BCUT2D eigenvalue weighted by molar-refractivity contribution is 0.0950. The third-order valence-corrected chi connectivity index (χ3v) is 4.49. The van der Waals surface area contributed by atoms with Crippen molar-refractivity contribution in [3.8, 4) is 0 Å². The molecule has 0 aliphatic heterocycles. The first kappa shape index (κ1) is 18.1. The average molecular weight is 352 g/mol. The molecule has 3 rings (SSSR count). The summed E-state index contributed by atoms with van der Waals surface area (Å²) in [6.45, 7) is 5.19. The van der Waals surface area contributed by atoms with E-state index >= 15 is 0 Å². The lowest BCUT2D eigenvalue weighted by atomic mass is 10.0. The van der Waals surface area contributed by atoms with Gasteiger partial charge in [0.25, 0.3) is 5.91 Å². The Kier molecular flexibility index (Phi) is 5.63. The van der Waals surface area contributed by atoms with Gasteiger partial charge >= 0.3 is 0 Å². The van der Waals surface area contributed by atoms with Crippen LogP contribution in [0.15, 0.2) is 36.5 Å². The lowest BCUT2D eigenvalue weighted by Gasteiger charge is -2.12. The fourth-order valence-electron chi connectivity index (χ4n) is 3.04. The first-order valence-corrected chi connectivity index (χ1v) is 8.76. The summed E-state index contributed by atoms with van der Waals surface area (Å²) in [7, 11) is 1.65. The first-order chi connectivity index (χ1) is 12.6. The zero-order valence-corrected chi connectivity index (χ0v) is 15.5. The molecule has 0 saturated carbocycles. The number of nitrogens with one attached hydrogen (secondary N) is 1. The molecule has 26 heavy (non-hydrogen) atoms. The second kappa shape index (κ2) is 8.10. The molecule has 0 radical (unpaired) electrons. The number of ether oxygens (including phenoxy) is 1. The SMILES string of the molecule is COCCCNC(=O)c1cnn2c(C)c(Cc3ccccc3)c(C)nc12. The van der Waals surface area contributed by atoms with Crippen molar-refractivity contribution in [1.82, 2.24) is 19.9 Å². The van der Waals surface area contributed by atoms with Gasteiger partial charge in [0.2, 0.25) is 0 Å². The number of carbonyl (C=O) groups is 1. The van der Waals surface area contributed by atoms with Crippen LogP contribution in [0.5, 0.6) is 0 Å². The number of rotatable bonds is 7. The van der Waals surface area contributed by atoms with Crippen LogP contribution in [0.2, 0.25) is 0 Å². The number of benzene rings is 1. The average Bonchev–Trinajstić information content (AvgIpc) is 3.07. The van der Waals surface area contributed by atoms with Gasteiger partial charge in [0.05, 0.1) is 6.20 Å². The van der Waals surface area contributed by atoms with Gasteiger partial charge in [-0.15, -0.1) is 0 Å². The van der Waals surface area contributed by atoms with Crippen LogP contribution >= 0.6 is 0 Å². The number of fused-ring (bicyclic) bond motifs is 1. The molecule has 0 bridgehead atoms. The van der Waals surface area contributed by atoms with Gasteiger partial charge in [-0.2, -0.15) is 5.10 Å². The highest BCUT2D eigenvalue weighted by Crippen LogP contribution is 2.20. The Hall–Kier alpha value is -2.73. The highest BCUT2D eigenvalue weighted by Gasteiger charge is 2.18. The summed E-state index contributed by atoms with van der Waals surface area (Å²) in [5.41, 5.74) is 5.39. The summed E-state index contributed by atoms with van der Waals surface area (Å²) in [4.78, 5) is 17.1. The van der Waals surface area contributed by atoms with Crippen LogP contribution in [-0.2, 0) is 11.2 Å². The van der Waals surface area contributed by atoms with Crippen molar-refractivity contribution in [3.05, 3.63) is 64.6 Å². The van der Waals surface area contributed by atoms with E-state index in [1.165, 1.54) is 5.56 Å². The van der Waals surface area contributed by atoms with E-state index in [4.69, 9.17) is 4.74 Å². The molecule has 2 heterocycles. The van der Waals surface area contributed by atoms with Crippen molar-refractivity contribution < 1.29 is 9.53 Å². The summed E-state index contributed by atoms with van der Waals surface area (Å²) in [5, 5.41) is 7.29. The second-order valence-electron chi connectivity index (χ2n) is 6.32. The minimum absolute atomic E-state index is 0.154. The summed E-state index contributed by atoms with van der Waals surface area (Å²) < 4.78 is 6.76. The van der Waals surface area contributed by atoms with Crippen LogP contribution in [0.4, 0.5) is 0 Å². The van der Waals surface area contributed by atoms with Gasteiger partial charge < -0.3 is 10.1 Å². The van der Waals surface area contributed by atoms with Crippen LogP contribution in [0.1, 0.15) is 39.3 Å². The predicted molar refractivity (Wildman–Crippen MR) is 101 cm³/mol. The lowest BCUT2D eigenvalue weighted by Crippen LogP contribution is -2.25. The molecule has 1 amide bonds. The number of hydrogen-bond acceptors (Lipinski definition) is 4. The molecule has 1 N–H and O–H groups in total. The van der Waals surface area contributed by atoms with E-state index in [1.807, 2.05) is 32.0 Å². The zero-order valence-electron chi connectivity index (χ0n) is 15.5. The molecule has 6 nitrogen and oxygen atoms in total. The van der Waals surface area contributed by atoms with E-state index in [0.717, 1.165) is 29.8 Å². The van der Waals surface area contributed by atoms with E-state index in [9.17, 15) is 4.79 Å². The molecule has 1 aromatic carbocycles. The van der Waals surface area contributed by atoms with Crippen molar-refractivity contribution >= 4 is 11.6 Å². The van der Waals surface area contributed by atoms with Gasteiger partial charge in [0, 0.05) is 38.1 Å². The maximum Gasteiger partial charge on any atom is 0.256 e. The van der Waals surface area contributed by atoms with E-state index in [0.29, 0.717) is 24.4 Å². The number of methoxy groups -OCH3 is 1. The first-order valence-electron chi connectivity index (χ1n) is 8.76. The van der Waals surface area contributed by atoms with Crippen molar-refractivity contribution in [2.75, 3.05) is 20.3 Å². The third kappa shape index (κ3) is 3.75. The molecule has 0 fully saturated rings. The summed E-state index contributed by atoms with van der Waals surface area (Å²) in [6.07, 6.45) is 3.15. The summed E-state index contributed by atoms with van der Waals surface area (Å²) in [6, 6.07) is 10.3. The maximum absolute atomic E-state index is 12.4. The van der Waals surface area contributed by atoms with Crippen molar-refractivity contribution in [2.45, 2.75) is 26.7 Å². The standard InChI is InChI=1S/C20H24N4O2/c1-14-17(12-16-8-5-4-6-9-16)15(2)24-19(23-14)18(13-22-24)20(25)21-10-7-11-26-3/h4-6,8-9,13H,7,10-12H2,1-3H3,(H,21,25). The highest BCUT2D eigenvalue weighted by atomic mass is 16.5. The fraction of sp³-hybridized carbons (Fsp3) is 0.350. The van der Waals surface area contributed by atoms with Gasteiger partial charge in [-0.3, -0.25) is 4.79 Å². The van der Waals surface area contributed by atoms with Crippen molar-refractivity contribution in [2.24, 2.45) is 0 Å². The van der Waals surface area contributed by atoms with Crippen molar-refractivity contribution in [1.29, 1.82) is 0 Å². The van der Waals surface area contributed by atoms with E-state index in [1.54, 1.807) is 17.8 Å². The van der Waals surface area contributed by atoms with Gasteiger partial charge in [-0.1, -0.05) is 30.3 Å². The van der Waals surface area contributed by atoms with Gasteiger partial charge in [-0.25, -0.2) is 9.50 Å². The Bertz CT molecular complexity index is 903. The summed E-state index contributed by atoms with van der Waals surface area (Å²) >= 11 is 0. The molecular weight excluding hydrogens is 328 g/mol. The zero-order chi connectivity index (χ0) is 18.5. The monoisotopic (exact) mass is 352 g/mol. The fourth-order valence-corrected chi connectivity index (χ4v) is 3.04. The molecule has 2 aromatic heterocycles. The number of aromatic nitrogens is 3. The maximum atomic E-state index is 12.4. The van der Waals surface area contributed by atoms with Crippen LogP contribution in [0.3, 0.4) is 0 Å². The quantitative estimate of drug-likeness (QED) is 0.664. The van der Waals surface area contributed by atoms with Crippen LogP contribution in [0, 0.1) is 13.8 Å². The Labute approximate surface area is 153 Å². The van der Waals surface area contributed by atoms with E-state index < -0.39 is 0 Å². The molecule has 0 aliphatic rings. The summed E-state index contributed by atoms with van der Waals surface area (Å²) in [5.74, 6) is -0.154. The Balaban J connectivity index is 1.88. The molecule has 0 saturated heterocycles. The smallest absolute Gasteiger partial charge is 0.256 e. The third-order valence-electron chi connectivity index (χ3n) is 4.49. The largest absolute Gasteiger partial charge is 0.385 e. The number of nitrogens with zero attached hydrogens (tertiary/aromatic N) is 3. The topological polar surface area (TPSA) is 68.5 Å². The predicted octanol–water partition coefficient (Wildman–Crippen LogP) is 2.70. The molecule has 0 unspecified atom stereocenters. The minimum atomic E-state index is -0.154. The Morgan fingerprint density at radius 2 is 2.00 bits per heavy atom. The normalized spacial score (nSPS) is 11.0. The molecular formula is C20H24N4O2. The molecule has 0 aliphatic carbocycles. The van der Waals surface area contributed by atoms with Crippen LogP contribution in [-0.4, -0.2) is 40.8 Å². The molecule has 0 spiro atoms. The second-order valence-corrected chi connectivity index (χ2v) is 6.32. The van der Waals surface area contributed by atoms with Crippen LogP contribution in [0.25, 0.3) is 5.65 Å². The van der Waals surface area contributed by atoms with Crippen LogP contribution < -0.4 is 5.32 Å². The molecule has 0 atom stereocenters. The highest BCUT2D eigenvalue weighted by molar-refractivity contribution is 5.99. The van der Waals surface area contributed by atoms with Gasteiger partial charge in [0.1, 0.15) is 5.56 Å². The number of hydrogen-bond donors (Lipinski definition) is 1. The van der Waals surface area contributed by atoms with Crippen molar-refractivity contribution in [3.63, 3.8) is 0 Å². The van der Waals surface area contributed by atoms with E-state index in [-0.39, 0.29) is 5.91 Å².